The molecule has 0 atom stereocenters. The molecule has 9 heteroatoms. The van der Waals surface area contributed by atoms with E-state index in [1.54, 1.807) is 35.4 Å². The van der Waals surface area contributed by atoms with Crippen LogP contribution in [0.4, 0.5) is 0 Å². The number of nitrogens with zero attached hydrogens (tertiary/aromatic N) is 1. The topological polar surface area (TPSA) is 66.5 Å². The van der Waals surface area contributed by atoms with Crippen molar-refractivity contribution >= 4 is 59.1 Å². The molecule has 5 nitrogen and oxygen atoms in total. The predicted octanol–water partition coefficient (Wildman–Crippen LogP) is 3.60. The molecule has 1 amide bonds. The van der Waals surface area contributed by atoms with E-state index >= 15 is 0 Å². The fourth-order valence-corrected chi connectivity index (χ4v) is 4.77. The minimum Gasteiger partial charge on any atom is -0.341 e. The molecule has 0 aliphatic heterocycles. The summed E-state index contributed by atoms with van der Waals surface area (Å²) in [6, 6.07) is 10.2. The van der Waals surface area contributed by atoms with Crippen molar-refractivity contribution in [1.29, 1.82) is 0 Å². The summed E-state index contributed by atoms with van der Waals surface area (Å²) in [6.45, 7) is 0.574. The van der Waals surface area contributed by atoms with Crippen LogP contribution in [0, 0.1) is 0 Å². The van der Waals surface area contributed by atoms with Crippen LogP contribution in [0.1, 0.15) is 11.3 Å². The van der Waals surface area contributed by atoms with E-state index in [9.17, 15) is 13.2 Å². The normalized spacial score (nSPS) is 11.5. The van der Waals surface area contributed by atoms with Crippen LogP contribution in [0.3, 0.4) is 0 Å². The number of hydrogen-bond acceptors (Lipinski definition) is 4. The Balaban J connectivity index is 1.84. The highest BCUT2D eigenvalue weighted by atomic mass is 79.9. The number of thiophene rings is 1. The molecule has 1 N–H and O–H groups in total. The van der Waals surface area contributed by atoms with E-state index in [4.69, 9.17) is 0 Å². The fourth-order valence-electron chi connectivity index (χ4n) is 1.94. The predicted molar refractivity (Wildman–Crippen MR) is 102 cm³/mol. The Kier molecular flexibility index (Phi) is 6.99. The lowest BCUT2D eigenvalue weighted by atomic mass is 10.3. The van der Waals surface area contributed by atoms with Crippen LogP contribution in [-0.4, -0.2) is 32.8 Å². The minimum atomic E-state index is -3.60. The number of carbonyl (C=O) groups is 1. The van der Waals surface area contributed by atoms with Crippen molar-refractivity contribution in [3.8, 4) is 0 Å². The Labute approximate surface area is 162 Å². The molecule has 0 radical (unpaired) electrons. The van der Waals surface area contributed by atoms with Gasteiger partial charge in [0.05, 0.1) is 15.2 Å². The van der Waals surface area contributed by atoms with Crippen LogP contribution in [-0.2, 0) is 21.4 Å². The van der Waals surface area contributed by atoms with Gasteiger partial charge in [0.2, 0.25) is 15.9 Å². The molecule has 1 aromatic carbocycles. The van der Waals surface area contributed by atoms with Crippen molar-refractivity contribution in [2.45, 2.75) is 17.9 Å². The molecule has 2 rings (SSSR count). The molecule has 0 bridgehead atoms. The lowest BCUT2D eigenvalue weighted by Gasteiger charge is -2.16. The number of benzene rings is 1. The summed E-state index contributed by atoms with van der Waals surface area (Å²) in [6.07, 6.45) is 0.110. The zero-order chi connectivity index (χ0) is 17.7. The fraction of sp³-hybridized carbons (Fsp3) is 0.267. The number of nitrogens with one attached hydrogen (secondary N) is 1. The first-order chi connectivity index (χ1) is 11.3. The molecule has 0 saturated heterocycles. The Bertz CT molecular complexity index is 804. The highest BCUT2D eigenvalue weighted by Gasteiger charge is 2.15. The van der Waals surface area contributed by atoms with E-state index in [2.05, 4.69) is 36.6 Å². The smallest absolute Gasteiger partial charge is 0.240 e. The van der Waals surface area contributed by atoms with E-state index in [0.29, 0.717) is 6.54 Å². The minimum absolute atomic E-state index is 0.0652. The summed E-state index contributed by atoms with van der Waals surface area (Å²) in [5, 5.41) is 0. The summed E-state index contributed by atoms with van der Waals surface area (Å²) in [4.78, 5) is 14.9. The van der Waals surface area contributed by atoms with E-state index < -0.39 is 10.0 Å². The van der Waals surface area contributed by atoms with E-state index in [1.165, 1.54) is 12.1 Å². The van der Waals surface area contributed by atoms with Gasteiger partial charge in [-0.05, 0) is 52.3 Å². The Morgan fingerprint density at radius 2 is 1.83 bits per heavy atom. The van der Waals surface area contributed by atoms with Crippen molar-refractivity contribution in [1.82, 2.24) is 9.62 Å². The van der Waals surface area contributed by atoms with Gasteiger partial charge in [0.25, 0.3) is 0 Å². The standard InChI is InChI=1S/C15H16Br2N2O3S2/c1-19(10-12-4-7-14(17)23-12)15(20)8-9-18-24(21,22)13-5-2-11(16)3-6-13/h2-7,18H,8-10H2,1H3. The Hall–Kier alpha value is -0.740. The van der Waals surface area contributed by atoms with E-state index in [0.717, 1.165) is 13.1 Å². The zero-order valence-electron chi connectivity index (χ0n) is 12.8. The lowest BCUT2D eigenvalue weighted by Crippen LogP contribution is -2.31. The van der Waals surface area contributed by atoms with Crippen molar-refractivity contribution < 1.29 is 13.2 Å². The molecule has 0 aliphatic carbocycles. The molecular weight excluding hydrogens is 480 g/mol. The number of halogens is 2. The average Bonchev–Trinajstić information content (AvgIpc) is 2.92. The van der Waals surface area contributed by atoms with Crippen LogP contribution >= 0.6 is 43.2 Å². The largest absolute Gasteiger partial charge is 0.341 e. The van der Waals surface area contributed by atoms with Crippen LogP contribution in [0.2, 0.25) is 0 Å². The van der Waals surface area contributed by atoms with Gasteiger partial charge in [-0.25, -0.2) is 13.1 Å². The maximum Gasteiger partial charge on any atom is 0.240 e. The van der Waals surface area contributed by atoms with Crippen LogP contribution in [0.15, 0.2) is 49.6 Å². The van der Waals surface area contributed by atoms with Crippen LogP contribution in [0.5, 0.6) is 0 Å². The van der Waals surface area contributed by atoms with Crippen molar-refractivity contribution in [2.75, 3.05) is 13.6 Å². The maximum absolute atomic E-state index is 12.1. The summed E-state index contributed by atoms with van der Waals surface area (Å²) in [5.74, 6) is -0.113. The summed E-state index contributed by atoms with van der Waals surface area (Å²) in [7, 11) is -1.89. The SMILES string of the molecule is CN(Cc1ccc(Br)s1)C(=O)CCNS(=O)(=O)c1ccc(Br)cc1. The Morgan fingerprint density at radius 3 is 2.42 bits per heavy atom. The highest BCUT2D eigenvalue weighted by molar-refractivity contribution is 9.11. The maximum atomic E-state index is 12.1. The third-order valence-corrected chi connectivity index (χ3v) is 6.82. The van der Waals surface area contributed by atoms with Crippen LogP contribution < -0.4 is 4.72 Å². The van der Waals surface area contributed by atoms with E-state index in [-0.39, 0.29) is 23.8 Å². The summed E-state index contributed by atoms with van der Waals surface area (Å²) < 4.78 is 28.5. The molecule has 1 aromatic heterocycles. The van der Waals surface area contributed by atoms with Gasteiger partial charge >= 0.3 is 0 Å². The molecule has 0 fully saturated rings. The number of carbonyl (C=O) groups excluding carboxylic acids is 1. The first kappa shape index (κ1) is 19.6. The molecule has 0 unspecified atom stereocenters. The van der Waals surface area contributed by atoms with Gasteiger partial charge in [-0.15, -0.1) is 11.3 Å². The van der Waals surface area contributed by atoms with Gasteiger partial charge in [-0.1, -0.05) is 15.9 Å². The molecular formula is C15H16Br2N2O3S2. The number of hydrogen-bond donors (Lipinski definition) is 1. The number of sulfonamides is 1. The molecule has 0 spiro atoms. The van der Waals surface area contributed by atoms with Gasteiger partial charge in [-0.3, -0.25) is 4.79 Å². The van der Waals surface area contributed by atoms with Gasteiger partial charge < -0.3 is 4.90 Å². The molecule has 0 saturated carbocycles. The average molecular weight is 496 g/mol. The second-order valence-electron chi connectivity index (χ2n) is 5.06. The Morgan fingerprint density at radius 1 is 1.17 bits per heavy atom. The second-order valence-corrected chi connectivity index (χ2v) is 10.3. The molecule has 0 aliphatic rings. The highest BCUT2D eigenvalue weighted by Crippen LogP contribution is 2.23. The van der Waals surface area contributed by atoms with Gasteiger partial charge in [-0.2, -0.15) is 0 Å². The van der Waals surface area contributed by atoms with Gasteiger partial charge in [0.1, 0.15) is 0 Å². The first-order valence-electron chi connectivity index (χ1n) is 7.01. The van der Waals surface area contributed by atoms with E-state index in [1.807, 2.05) is 12.1 Å². The number of rotatable bonds is 7. The van der Waals surface area contributed by atoms with Gasteiger partial charge in [0.15, 0.2) is 0 Å². The van der Waals surface area contributed by atoms with Crippen molar-refractivity contribution in [2.24, 2.45) is 0 Å². The monoisotopic (exact) mass is 494 g/mol. The van der Waals surface area contributed by atoms with Gasteiger partial charge in [0, 0.05) is 29.4 Å². The van der Waals surface area contributed by atoms with Crippen molar-refractivity contribution in [3.05, 3.63) is 49.5 Å². The number of amides is 1. The third-order valence-electron chi connectivity index (χ3n) is 3.20. The molecule has 1 heterocycles. The third kappa shape index (κ3) is 5.66. The van der Waals surface area contributed by atoms with Crippen molar-refractivity contribution in [3.63, 3.8) is 0 Å². The summed E-state index contributed by atoms with van der Waals surface area (Å²) in [5.41, 5.74) is 0. The molecule has 130 valence electrons. The lowest BCUT2D eigenvalue weighted by molar-refractivity contribution is -0.130. The molecule has 2 aromatic rings. The first-order valence-corrected chi connectivity index (χ1v) is 10.9. The quantitative estimate of drug-likeness (QED) is 0.638. The van der Waals surface area contributed by atoms with Crippen LogP contribution in [0.25, 0.3) is 0 Å². The molecule has 24 heavy (non-hydrogen) atoms. The second kappa shape index (κ2) is 8.57. The zero-order valence-corrected chi connectivity index (χ0v) is 17.6. The summed E-state index contributed by atoms with van der Waals surface area (Å²) >= 11 is 8.21.